The second-order valence-electron chi connectivity index (χ2n) is 6.52. The molecule has 1 aromatic carbocycles. The maximum atomic E-state index is 11.5. The van der Waals surface area contributed by atoms with Gasteiger partial charge in [-0.1, -0.05) is 0 Å². The summed E-state index contributed by atoms with van der Waals surface area (Å²) in [7, 11) is 3.49. The molecule has 0 radical (unpaired) electrons. The molecule has 0 spiro atoms. The van der Waals surface area contributed by atoms with E-state index in [2.05, 4.69) is 36.5 Å². The summed E-state index contributed by atoms with van der Waals surface area (Å²) >= 11 is 3.52. The minimum absolute atomic E-state index is 0.124. The van der Waals surface area contributed by atoms with Gasteiger partial charge in [0.15, 0.2) is 17.5 Å². The monoisotopic (exact) mass is 424 g/mol. The number of likely N-dealkylation sites (tertiary alicyclic amines) is 1. The van der Waals surface area contributed by atoms with Crippen molar-refractivity contribution >= 4 is 27.8 Å². The molecule has 2 aliphatic heterocycles. The van der Waals surface area contributed by atoms with E-state index in [0.717, 1.165) is 53.4 Å². The van der Waals surface area contributed by atoms with Crippen molar-refractivity contribution in [2.45, 2.75) is 25.8 Å². The fourth-order valence-electron chi connectivity index (χ4n) is 3.35. The standard InChI is InChI=1S/C18H25BrN4O3/c1-20-16(24)9-12-3-5-23(6-4-12)18(21-2)22-10-13-7-14(19)17-15(8-13)25-11-26-17/h7-8,12H,3-6,9-11H2,1-2H3,(H,20,24)(H,21,22). The SMILES string of the molecule is CN=C(NCc1cc(Br)c2c(c1)OCO2)N1CCC(CC(=O)NC)CC1. The number of nitrogens with zero attached hydrogens (tertiary/aromatic N) is 2. The van der Waals surface area contributed by atoms with E-state index in [-0.39, 0.29) is 12.7 Å². The van der Waals surface area contributed by atoms with Crippen LogP contribution in [-0.2, 0) is 11.3 Å². The Morgan fingerprint density at radius 2 is 2.12 bits per heavy atom. The number of rotatable bonds is 4. The third-order valence-corrected chi connectivity index (χ3v) is 5.41. The number of hydrogen-bond acceptors (Lipinski definition) is 4. The Hall–Kier alpha value is -1.96. The van der Waals surface area contributed by atoms with Crippen molar-refractivity contribution in [1.82, 2.24) is 15.5 Å². The average molecular weight is 425 g/mol. The number of benzene rings is 1. The predicted molar refractivity (Wildman–Crippen MR) is 103 cm³/mol. The van der Waals surface area contributed by atoms with Crippen LogP contribution in [0.4, 0.5) is 0 Å². The van der Waals surface area contributed by atoms with Crippen molar-refractivity contribution in [3.8, 4) is 11.5 Å². The Balaban J connectivity index is 1.53. The van der Waals surface area contributed by atoms with Gasteiger partial charge in [0.1, 0.15) is 0 Å². The Morgan fingerprint density at radius 1 is 1.35 bits per heavy atom. The van der Waals surface area contributed by atoms with Crippen LogP contribution in [0.3, 0.4) is 0 Å². The number of hydrogen-bond donors (Lipinski definition) is 2. The first-order valence-corrected chi connectivity index (χ1v) is 9.64. The third-order valence-electron chi connectivity index (χ3n) is 4.82. The van der Waals surface area contributed by atoms with Crippen LogP contribution < -0.4 is 20.1 Å². The lowest BCUT2D eigenvalue weighted by Gasteiger charge is -2.34. The first-order chi connectivity index (χ1) is 12.6. The topological polar surface area (TPSA) is 75.2 Å². The fraction of sp³-hybridized carbons (Fsp3) is 0.556. The van der Waals surface area contributed by atoms with Crippen LogP contribution >= 0.6 is 15.9 Å². The van der Waals surface area contributed by atoms with Gasteiger partial charge in [0, 0.05) is 40.2 Å². The highest BCUT2D eigenvalue weighted by Crippen LogP contribution is 2.39. The van der Waals surface area contributed by atoms with Crippen LogP contribution in [0.5, 0.6) is 11.5 Å². The highest BCUT2D eigenvalue weighted by Gasteiger charge is 2.23. The largest absolute Gasteiger partial charge is 0.454 e. The van der Waals surface area contributed by atoms with E-state index in [1.54, 1.807) is 14.1 Å². The molecule has 0 aromatic heterocycles. The maximum Gasteiger partial charge on any atom is 0.231 e. The summed E-state index contributed by atoms with van der Waals surface area (Å²) < 4.78 is 11.8. The molecule has 26 heavy (non-hydrogen) atoms. The van der Waals surface area contributed by atoms with E-state index < -0.39 is 0 Å². The van der Waals surface area contributed by atoms with Gasteiger partial charge >= 0.3 is 0 Å². The number of carbonyl (C=O) groups is 1. The van der Waals surface area contributed by atoms with Crippen molar-refractivity contribution < 1.29 is 14.3 Å². The number of guanidine groups is 1. The summed E-state index contributed by atoms with van der Waals surface area (Å²) in [5.41, 5.74) is 1.09. The molecule has 0 unspecified atom stereocenters. The van der Waals surface area contributed by atoms with E-state index in [0.29, 0.717) is 18.9 Å². The first-order valence-electron chi connectivity index (χ1n) is 8.85. The second-order valence-corrected chi connectivity index (χ2v) is 7.37. The smallest absolute Gasteiger partial charge is 0.231 e. The van der Waals surface area contributed by atoms with Crippen molar-refractivity contribution in [2.24, 2.45) is 10.9 Å². The molecule has 2 aliphatic rings. The molecule has 1 amide bonds. The summed E-state index contributed by atoms with van der Waals surface area (Å²) in [5, 5.41) is 6.13. The minimum atomic E-state index is 0.124. The van der Waals surface area contributed by atoms with Gasteiger partial charge in [-0.05, 0) is 52.4 Å². The van der Waals surface area contributed by atoms with Crippen LogP contribution in [0.2, 0.25) is 0 Å². The van der Waals surface area contributed by atoms with Gasteiger partial charge in [-0.3, -0.25) is 9.79 Å². The molecule has 2 heterocycles. The third kappa shape index (κ3) is 4.41. The molecule has 0 saturated carbocycles. The lowest BCUT2D eigenvalue weighted by Crippen LogP contribution is -2.45. The van der Waals surface area contributed by atoms with Crippen molar-refractivity contribution in [1.29, 1.82) is 0 Å². The van der Waals surface area contributed by atoms with Crippen LogP contribution in [0.25, 0.3) is 0 Å². The molecule has 2 N–H and O–H groups in total. The lowest BCUT2D eigenvalue weighted by atomic mass is 9.93. The Morgan fingerprint density at radius 3 is 2.81 bits per heavy atom. The fourth-order valence-corrected chi connectivity index (χ4v) is 3.95. The zero-order valence-electron chi connectivity index (χ0n) is 15.2. The molecule has 1 saturated heterocycles. The summed E-state index contributed by atoms with van der Waals surface area (Å²) in [6, 6.07) is 4.02. The van der Waals surface area contributed by atoms with E-state index in [1.807, 2.05) is 12.1 Å². The number of halogens is 1. The molecule has 142 valence electrons. The number of nitrogens with one attached hydrogen (secondary N) is 2. The molecule has 0 atom stereocenters. The molecular formula is C18H25BrN4O3. The summed E-state index contributed by atoms with van der Waals surface area (Å²) in [6.07, 6.45) is 2.62. The van der Waals surface area contributed by atoms with Gasteiger partial charge < -0.3 is 25.0 Å². The Labute approximate surface area is 162 Å². The summed E-state index contributed by atoms with van der Waals surface area (Å²) in [6.45, 7) is 2.73. The highest BCUT2D eigenvalue weighted by atomic mass is 79.9. The number of piperidine rings is 1. The van der Waals surface area contributed by atoms with Gasteiger partial charge in [0.25, 0.3) is 0 Å². The molecule has 7 nitrogen and oxygen atoms in total. The molecule has 0 aliphatic carbocycles. The van der Waals surface area contributed by atoms with Crippen molar-refractivity contribution in [3.63, 3.8) is 0 Å². The van der Waals surface area contributed by atoms with Crippen LogP contribution in [0.15, 0.2) is 21.6 Å². The van der Waals surface area contributed by atoms with Crippen molar-refractivity contribution in [3.05, 3.63) is 22.2 Å². The molecular weight excluding hydrogens is 400 g/mol. The zero-order valence-corrected chi connectivity index (χ0v) is 16.8. The number of amides is 1. The average Bonchev–Trinajstić information content (AvgIpc) is 3.12. The van der Waals surface area contributed by atoms with Crippen LogP contribution in [0, 0.1) is 5.92 Å². The van der Waals surface area contributed by atoms with Crippen LogP contribution in [-0.4, -0.2) is 50.7 Å². The quantitative estimate of drug-likeness (QED) is 0.571. The van der Waals surface area contributed by atoms with Gasteiger partial charge in [-0.2, -0.15) is 0 Å². The zero-order chi connectivity index (χ0) is 18.5. The van der Waals surface area contributed by atoms with Crippen LogP contribution in [0.1, 0.15) is 24.8 Å². The summed E-state index contributed by atoms with van der Waals surface area (Å²) in [5.74, 6) is 2.99. The first kappa shape index (κ1) is 18.8. The molecule has 8 heteroatoms. The number of aliphatic imine (C=N–C) groups is 1. The second kappa shape index (κ2) is 8.62. The molecule has 1 aromatic rings. The lowest BCUT2D eigenvalue weighted by molar-refractivity contribution is -0.121. The molecule has 3 rings (SSSR count). The van der Waals surface area contributed by atoms with E-state index in [1.165, 1.54) is 0 Å². The number of carbonyl (C=O) groups excluding carboxylic acids is 1. The maximum absolute atomic E-state index is 11.5. The molecule has 1 fully saturated rings. The predicted octanol–water partition coefficient (Wildman–Crippen LogP) is 2.10. The van der Waals surface area contributed by atoms with E-state index in [4.69, 9.17) is 9.47 Å². The normalized spacial score (nSPS) is 17.3. The number of ether oxygens (including phenoxy) is 2. The Kier molecular flexibility index (Phi) is 6.24. The minimum Gasteiger partial charge on any atom is -0.454 e. The van der Waals surface area contributed by atoms with E-state index >= 15 is 0 Å². The number of fused-ring (bicyclic) bond motifs is 1. The van der Waals surface area contributed by atoms with Gasteiger partial charge in [0.05, 0.1) is 4.47 Å². The molecule has 0 bridgehead atoms. The van der Waals surface area contributed by atoms with Gasteiger partial charge in [0.2, 0.25) is 12.7 Å². The van der Waals surface area contributed by atoms with E-state index in [9.17, 15) is 4.79 Å². The van der Waals surface area contributed by atoms with Gasteiger partial charge in [-0.15, -0.1) is 0 Å². The van der Waals surface area contributed by atoms with Gasteiger partial charge in [-0.25, -0.2) is 0 Å². The summed E-state index contributed by atoms with van der Waals surface area (Å²) in [4.78, 5) is 18.2. The Bertz CT molecular complexity index is 687. The van der Waals surface area contributed by atoms with Crippen molar-refractivity contribution in [2.75, 3.05) is 34.0 Å². The highest BCUT2D eigenvalue weighted by molar-refractivity contribution is 9.10.